The largest absolute Gasteiger partial charge is 0.497 e. The number of benzene rings is 1. The summed E-state index contributed by atoms with van der Waals surface area (Å²) in [5, 5.41) is 5.57. The number of hydrogen-bond donors (Lipinski definition) is 3. The molecule has 0 aromatic heterocycles. The van der Waals surface area contributed by atoms with Gasteiger partial charge in [-0.25, -0.2) is 0 Å². The Morgan fingerprint density at radius 1 is 1.21 bits per heavy atom. The Morgan fingerprint density at radius 3 is 2.43 bits per heavy atom. The van der Waals surface area contributed by atoms with Crippen molar-refractivity contribution in [2.24, 2.45) is 11.7 Å². The molecule has 2 amide bonds. The fourth-order valence-electron chi connectivity index (χ4n) is 3.18. The molecule has 8 heteroatoms. The van der Waals surface area contributed by atoms with Crippen LogP contribution in [0.25, 0.3) is 0 Å². The van der Waals surface area contributed by atoms with Gasteiger partial charge in [-0.15, -0.1) is 0 Å². The first-order valence-corrected chi connectivity index (χ1v) is 9.59. The number of carbonyl (C=O) groups excluding carboxylic acids is 2. The molecule has 1 heterocycles. The van der Waals surface area contributed by atoms with E-state index in [9.17, 15) is 9.59 Å². The fraction of sp³-hybridized carbons (Fsp3) is 0.600. The molecular weight excluding hydrogens is 360 g/mol. The Balaban J connectivity index is 1.79. The normalized spacial score (nSPS) is 18.0. The first-order valence-electron chi connectivity index (χ1n) is 9.59. The SMILES string of the molecule is COc1cc(CN2CCC(NC(=O)CNC(=O)[C@@H](N)C(C)C)C2)cc(OC)c1. The molecule has 1 unspecified atom stereocenters. The van der Waals surface area contributed by atoms with Gasteiger partial charge in [0, 0.05) is 31.7 Å². The molecule has 0 bridgehead atoms. The van der Waals surface area contributed by atoms with Crippen molar-refractivity contribution in [1.29, 1.82) is 0 Å². The molecule has 1 aliphatic heterocycles. The van der Waals surface area contributed by atoms with Gasteiger partial charge in [0.05, 0.1) is 26.8 Å². The first-order chi connectivity index (χ1) is 13.3. The van der Waals surface area contributed by atoms with E-state index in [0.29, 0.717) is 0 Å². The second-order valence-corrected chi connectivity index (χ2v) is 7.50. The highest BCUT2D eigenvalue weighted by atomic mass is 16.5. The lowest BCUT2D eigenvalue weighted by atomic mass is 10.1. The van der Waals surface area contributed by atoms with Gasteiger partial charge in [0.15, 0.2) is 0 Å². The third kappa shape index (κ3) is 6.38. The van der Waals surface area contributed by atoms with Gasteiger partial charge in [-0.3, -0.25) is 14.5 Å². The Hall–Kier alpha value is -2.32. The van der Waals surface area contributed by atoms with E-state index in [-0.39, 0.29) is 30.3 Å². The molecular formula is C20H32N4O4. The van der Waals surface area contributed by atoms with Gasteiger partial charge in [0.25, 0.3) is 0 Å². The highest BCUT2D eigenvalue weighted by Gasteiger charge is 2.25. The molecule has 1 aliphatic rings. The molecule has 156 valence electrons. The maximum Gasteiger partial charge on any atom is 0.239 e. The van der Waals surface area contributed by atoms with Crippen LogP contribution in [0.4, 0.5) is 0 Å². The topological polar surface area (TPSA) is 106 Å². The summed E-state index contributed by atoms with van der Waals surface area (Å²) in [5.41, 5.74) is 6.87. The van der Waals surface area contributed by atoms with Crippen molar-refractivity contribution < 1.29 is 19.1 Å². The van der Waals surface area contributed by atoms with Crippen LogP contribution in [0.5, 0.6) is 11.5 Å². The fourth-order valence-corrected chi connectivity index (χ4v) is 3.18. The van der Waals surface area contributed by atoms with Gasteiger partial charge < -0.3 is 25.8 Å². The van der Waals surface area contributed by atoms with E-state index >= 15 is 0 Å². The minimum atomic E-state index is -0.602. The summed E-state index contributed by atoms with van der Waals surface area (Å²) in [5.74, 6) is 1.05. The van der Waals surface area contributed by atoms with Crippen LogP contribution in [0, 0.1) is 5.92 Å². The van der Waals surface area contributed by atoms with Crippen molar-refractivity contribution in [2.45, 2.75) is 38.9 Å². The number of likely N-dealkylation sites (tertiary alicyclic amines) is 1. The standard InChI is InChI=1S/C20H32N4O4/c1-13(2)19(21)20(26)22-10-18(25)23-15-5-6-24(12-15)11-14-7-16(27-3)9-17(8-14)28-4/h7-9,13,15,19H,5-6,10-12,21H2,1-4H3,(H,22,26)(H,23,25)/t15?,19-/m0/s1. The molecule has 0 radical (unpaired) electrons. The summed E-state index contributed by atoms with van der Waals surface area (Å²) >= 11 is 0. The van der Waals surface area contributed by atoms with Gasteiger partial charge in [0.2, 0.25) is 11.8 Å². The van der Waals surface area contributed by atoms with E-state index in [2.05, 4.69) is 15.5 Å². The van der Waals surface area contributed by atoms with Crippen molar-refractivity contribution >= 4 is 11.8 Å². The van der Waals surface area contributed by atoms with Crippen LogP contribution in [0.1, 0.15) is 25.8 Å². The van der Waals surface area contributed by atoms with E-state index in [1.54, 1.807) is 14.2 Å². The lowest BCUT2D eigenvalue weighted by molar-refractivity contribution is -0.127. The van der Waals surface area contributed by atoms with Crippen LogP contribution in [0.15, 0.2) is 18.2 Å². The number of nitrogens with two attached hydrogens (primary N) is 1. The maximum absolute atomic E-state index is 12.1. The monoisotopic (exact) mass is 392 g/mol. The molecule has 28 heavy (non-hydrogen) atoms. The van der Waals surface area contributed by atoms with Gasteiger partial charge in [-0.1, -0.05) is 13.8 Å². The van der Waals surface area contributed by atoms with Crippen molar-refractivity contribution in [1.82, 2.24) is 15.5 Å². The summed E-state index contributed by atoms with van der Waals surface area (Å²) in [6, 6.07) is 5.28. The number of ether oxygens (including phenoxy) is 2. The highest BCUT2D eigenvalue weighted by molar-refractivity contribution is 5.87. The Labute approximate surface area is 166 Å². The second kappa shape index (κ2) is 10.3. The molecule has 1 aromatic carbocycles. The van der Waals surface area contributed by atoms with Crippen LogP contribution >= 0.6 is 0 Å². The molecule has 2 rings (SSSR count). The Kier molecular flexibility index (Phi) is 8.07. The van der Waals surface area contributed by atoms with Gasteiger partial charge in [-0.05, 0) is 30.0 Å². The maximum atomic E-state index is 12.1. The zero-order valence-corrected chi connectivity index (χ0v) is 17.2. The molecule has 0 saturated carbocycles. The summed E-state index contributed by atoms with van der Waals surface area (Å²) < 4.78 is 10.6. The van der Waals surface area contributed by atoms with E-state index in [1.807, 2.05) is 32.0 Å². The summed E-state index contributed by atoms with van der Waals surface area (Å²) in [6.45, 7) is 6.08. The number of amides is 2. The predicted molar refractivity (Wildman–Crippen MR) is 107 cm³/mol. The Bertz CT molecular complexity index is 658. The van der Waals surface area contributed by atoms with Crippen molar-refractivity contribution in [2.75, 3.05) is 33.9 Å². The first kappa shape index (κ1) is 22.0. The average molecular weight is 393 g/mol. The molecule has 1 saturated heterocycles. The third-order valence-corrected chi connectivity index (χ3v) is 4.90. The number of nitrogens with zero attached hydrogens (tertiary/aromatic N) is 1. The molecule has 1 fully saturated rings. The molecule has 0 spiro atoms. The van der Waals surface area contributed by atoms with Gasteiger partial charge >= 0.3 is 0 Å². The lowest BCUT2D eigenvalue weighted by Crippen LogP contribution is -2.48. The number of methoxy groups -OCH3 is 2. The van der Waals surface area contributed by atoms with Gasteiger partial charge in [0.1, 0.15) is 11.5 Å². The van der Waals surface area contributed by atoms with Crippen LogP contribution in [-0.2, 0) is 16.1 Å². The average Bonchev–Trinajstić information content (AvgIpc) is 3.11. The Morgan fingerprint density at radius 2 is 1.86 bits per heavy atom. The van der Waals surface area contributed by atoms with Crippen molar-refractivity contribution in [3.05, 3.63) is 23.8 Å². The molecule has 2 atom stereocenters. The van der Waals surface area contributed by atoms with Crippen LogP contribution in [0.3, 0.4) is 0 Å². The number of rotatable bonds is 9. The lowest BCUT2D eigenvalue weighted by Gasteiger charge is -2.18. The molecule has 1 aromatic rings. The van der Waals surface area contributed by atoms with Gasteiger partial charge in [-0.2, -0.15) is 0 Å². The zero-order chi connectivity index (χ0) is 20.7. The summed E-state index contributed by atoms with van der Waals surface area (Å²) in [6.07, 6.45) is 0.867. The summed E-state index contributed by atoms with van der Waals surface area (Å²) in [4.78, 5) is 26.2. The number of carbonyl (C=O) groups is 2. The molecule has 8 nitrogen and oxygen atoms in total. The number of nitrogens with one attached hydrogen (secondary N) is 2. The van der Waals surface area contributed by atoms with Crippen LogP contribution < -0.4 is 25.8 Å². The van der Waals surface area contributed by atoms with Crippen molar-refractivity contribution in [3.8, 4) is 11.5 Å². The van der Waals surface area contributed by atoms with E-state index in [4.69, 9.17) is 15.2 Å². The van der Waals surface area contributed by atoms with Crippen molar-refractivity contribution in [3.63, 3.8) is 0 Å². The van der Waals surface area contributed by atoms with Crippen LogP contribution in [0.2, 0.25) is 0 Å². The van der Waals surface area contributed by atoms with Crippen LogP contribution in [-0.4, -0.2) is 62.7 Å². The quantitative estimate of drug-likeness (QED) is 0.565. The van der Waals surface area contributed by atoms with E-state index in [1.165, 1.54) is 0 Å². The molecule has 4 N–H and O–H groups in total. The minimum absolute atomic E-state index is 0.0293. The third-order valence-electron chi connectivity index (χ3n) is 4.90. The van der Waals surface area contributed by atoms with E-state index in [0.717, 1.165) is 43.1 Å². The smallest absolute Gasteiger partial charge is 0.239 e. The minimum Gasteiger partial charge on any atom is -0.497 e. The van der Waals surface area contributed by atoms with E-state index < -0.39 is 6.04 Å². The highest BCUT2D eigenvalue weighted by Crippen LogP contribution is 2.24. The number of hydrogen-bond acceptors (Lipinski definition) is 6. The second-order valence-electron chi connectivity index (χ2n) is 7.50. The zero-order valence-electron chi connectivity index (χ0n) is 17.2. The summed E-state index contributed by atoms with van der Waals surface area (Å²) in [7, 11) is 3.26. The predicted octanol–water partition coefficient (Wildman–Crippen LogP) is 0.494. The molecule has 0 aliphatic carbocycles.